The molecule has 0 aromatic heterocycles. The van der Waals surface area contributed by atoms with Gasteiger partial charge in [-0.15, -0.1) is 0 Å². The molecule has 0 heterocycles. The molecule has 8 nitrogen and oxygen atoms in total. The monoisotopic (exact) mass is 270 g/mol. The number of halogens is 1. The standard InChI is InChI=1S/C10H11FN4O4/c11-8-2-1-6(15(18)19)5-7(8)9(16)13-3-4-14-10(12)17/h1-2,5H,3-4H2,(H,13,16)(H3,12,14,17). The zero-order valence-corrected chi connectivity index (χ0v) is 9.68. The molecule has 1 aromatic carbocycles. The quantitative estimate of drug-likeness (QED) is 0.399. The van der Waals surface area contributed by atoms with Crippen molar-refractivity contribution in [2.75, 3.05) is 13.1 Å². The van der Waals surface area contributed by atoms with Gasteiger partial charge < -0.3 is 16.4 Å². The maximum Gasteiger partial charge on any atom is 0.312 e. The Morgan fingerprint density at radius 3 is 2.53 bits per heavy atom. The maximum atomic E-state index is 13.3. The molecular weight excluding hydrogens is 259 g/mol. The number of nitro benzene ring substituents is 1. The van der Waals surface area contributed by atoms with Crippen LogP contribution in [-0.2, 0) is 0 Å². The Hall–Kier alpha value is -2.71. The van der Waals surface area contributed by atoms with Crippen LogP contribution in [0.25, 0.3) is 0 Å². The molecule has 0 fully saturated rings. The lowest BCUT2D eigenvalue weighted by Gasteiger charge is -2.06. The minimum Gasteiger partial charge on any atom is -0.352 e. The van der Waals surface area contributed by atoms with Gasteiger partial charge in [-0.3, -0.25) is 14.9 Å². The van der Waals surface area contributed by atoms with E-state index in [1.54, 1.807) is 0 Å². The van der Waals surface area contributed by atoms with E-state index in [0.29, 0.717) is 0 Å². The molecule has 1 rings (SSSR count). The lowest BCUT2D eigenvalue weighted by Crippen LogP contribution is -2.37. The van der Waals surface area contributed by atoms with Crippen molar-refractivity contribution in [3.05, 3.63) is 39.7 Å². The number of urea groups is 1. The Balaban J connectivity index is 2.68. The number of rotatable bonds is 5. The van der Waals surface area contributed by atoms with Crippen LogP contribution in [0.3, 0.4) is 0 Å². The van der Waals surface area contributed by atoms with Gasteiger partial charge in [0.1, 0.15) is 5.82 Å². The van der Waals surface area contributed by atoms with E-state index in [9.17, 15) is 24.1 Å². The first-order valence-corrected chi connectivity index (χ1v) is 5.17. The molecule has 0 saturated heterocycles. The highest BCUT2D eigenvalue weighted by atomic mass is 19.1. The molecule has 0 aliphatic heterocycles. The number of carbonyl (C=O) groups excluding carboxylic acids is 2. The number of hydrogen-bond donors (Lipinski definition) is 3. The Kier molecular flexibility index (Phi) is 4.75. The third-order valence-corrected chi connectivity index (χ3v) is 2.12. The first-order valence-electron chi connectivity index (χ1n) is 5.17. The number of primary amides is 1. The van der Waals surface area contributed by atoms with Crippen molar-refractivity contribution in [1.29, 1.82) is 0 Å². The second kappa shape index (κ2) is 6.28. The van der Waals surface area contributed by atoms with Crippen LogP contribution in [-0.4, -0.2) is 30.0 Å². The van der Waals surface area contributed by atoms with Gasteiger partial charge in [-0.25, -0.2) is 9.18 Å². The summed E-state index contributed by atoms with van der Waals surface area (Å²) in [6, 6.07) is 1.89. The second-order valence-electron chi connectivity index (χ2n) is 3.47. The van der Waals surface area contributed by atoms with E-state index in [-0.39, 0.29) is 18.8 Å². The average molecular weight is 270 g/mol. The summed E-state index contributed by atoms with van der Waals surface area (Å²) in [7, 11) is 0. The Morgan fingerprint density at radius 2 is 1.95 bits per heavy atom. The molecule has 3 amide bonds. The summed E-state index contributed by atoms with van der Waals surface area (Å²) in [6.07, 6.45) is 0. The number of nitro groups is 1. The van der Waals surface area contributed by atoms with Crippen molar-refractivity contribution in [3.63, 3.8) is 0 Å². The highest BCUT2D eigenvalue weighted by Gasteiger charge is 2.16. The molecular formula is C10H11FN4O4. The van der Waals surface area contributed by atoms with E-state index in [0.717, 1.165) is 18.2 Å². The van der Waals surface area contributed by atoms with Crippen LogP contribution in [0.1, 0.15) is 10.4 Å². The van der Waals surface area contributed by atoms with Crippen molar-refractivity contribution < 1.29 is 18.9 Å². The number of nitrogens with two attached hydrogens (primary N) is 1. The first kappa shape index (κ1) is 14.4. The molecule has 0 aliphatic rings. The topological polar surface area (TPSA) is 127 Å². The van der Waals surface area contributed by atoms with Crippen molar-refractivity contribution in [2.45, 2.75) is 0 Å². The molecule has 0 spiro atoms. The number of nitrogens with one attached hydrogen (secondary N) is 2. The molecule has 19 heavy (non-hydrogen) atoms. The average Bonchev–Trinajstić information content (AvgIpc) is 2.34. The van der Waals surface area contributed by atoms with E-state index in [1.165, 1.54) is 0 Å². The molecule has 0 unspecified atom stereocenters. The normalized spacial score (nSPS) is 9.74. The fourth-order valence-electron chi connectivity index (χ4n) is 1.26. The summed E-state index contributed by atoms with van der Waals surface area (Å²) in [6.45, 7) is 0.0848. The SMILES string of the molecule is NC(=O)NCCNC(=O)c1cc([N+](=O)[O-])ccc1F. The largest absolute Gasteiger partial charge is 0.352 e. The summed E-state index contributed by atoms with van der Waals surface area (Å²) in [5.41, 5.74) is 3.98. The van der Waals surface area contributed by atoms with Gasteiger partial charge in [-0.2, -0.15) is 0 Å². The van der Waals surface area contributed by atoms with Gasteiger partial charge in [0.25, 0.3) is 11.6 Å². The fourth-order valence-corrected chi connectivity index (χ4v) is 1.26. The third-order valence-electron chi connectivity index (χ3n) is 2.12. The number of hydrogen-bond acceptors (Lipinski definition) is 4. The van der Waals surface area contributed by atoms with Gasteiger partial charge in [-0.1, -0.05) is 0 Å². The summed E-state index contributed by atoms with van der Waals surface area (Å²) in [5, 5.41) is 15.0. The molecule has 0 bridgehead atoms. The molecule has 4 N–H and O–H groups in total. The summed E-state index contributed by atoms with van der Waals surface area (Å²) < 4.78 is 13.3. The number of non-ortho nitro benzene ring substituents is 1. The van der Waals surface area contributed by atoms with Gasteiger partial charge in [-0.05, 0) is 6.07 Å². The number of benzene rings is 1. The Bertz CT molecular complexity index is 520. The van der Waals surface area contributed by atoms with Crippen LogP contribution in [0.4, 0.5) is 14.9 Å². The maximum absolute atomic E-state index is 13.3. The zero-order valence-electron chi connectivity index (χ0n) is 9.68. The Labute approximate surface area is 106 Å². The van der Waals surface area contributed by atoms with Gasteiger partial charge in [0, 0.05) is 25.2 Å². The molecule has 9 heteroatoms. The number of nitrogens with zero attached hydrogens (tertiary/aromatic N) is 1. The molecule has 0 aliphatic carbocycles. The molecule has 0 saturated carbocycles. The van der Waals surface area contributed by atoms with Crippen LogP contribution in [0.2, 0.25) is 0 Å². The first-order chi connectivity index (χ1) is 8.91. The predicted octanol–water partition coefficient (Wildman–Crippen LogP) is 0.132. The van der Waals surface area contributed by atoms with E-state index in [2.05, 4.69) is 10.6 Å². The Morgan fingerprint density at radius 1 is 1.32 bits per heavy atom. The molecule has 1 aromatic rings. The number of carbonyl (C=O) groups is 2. The summed E-state index contributed by atoms with van der Waals surface area (Å²) in [4.78, 5) is 31.7. The highest BCUT2D eigenvalue weighted by molar-refractivity contribution is 5.95. The minimum atomic E-state index is -0.869. The predicted molar refractivity (Wildman–Crippen MR) is 63.0 cm³/mol. The van der Waals surface area contributed by atoms with Crippen molar-refractivity contribution in [3.8, 4) is 0 Å². The zero-order chi connectivity index (χ0) is 14.4. The van der Waals surface area contributed by atoms with Crippen LogP contribution in [0, 0.1) is 15.9 Å². The minimum absolute atomic E-state index is 0.0178. The summed E-state index contributed by atoms with van der Waals surface area (Å²) in [5.74, 6) is -1.68. The lowest BCUT2D eigenvalue weighted by molar-refractivity contribution is -0.384. The third kappa shape index (κ3) is 4.22. The van der Waals surface area contributed by atoms with Gasteiger partial charge >= 0.3 is 6.03 Å². The van der Waals surface area contributed by atoms with Crippen molar-refractivity contribution in [2.24, 2.45) is 5.73 Å². The lowest BCUT2D eigenvalue weighted by atomic mass is 10.1. The van der Waals surface area contributed by atoms with Gasteiger partial charge in [0.2, 0.25) is 0 Å². The fraction of sp³-hybridized carbons (Fsp3) is 0.200. The van der Waals surface area contributed by atoms with Crippen LogP contribution >= 0.6 is 0 Å². The van der Waals surface area contributed by atoms with Crippen LogP contribution in [0.15, 0.2) is 18.2 Å². The van der Waals surface area contributed by atoms with E-state index in [4.69, 9.17) is 5.73 Å². The smallest absolute Gasteiger partial charge is 0.312 e. The molecule has 0 radical (unpaired) electrons. The van der Waals surface area contributed by atoms with Crippen LogP contribution < -0.4 is 16.4 Å². The van der Waals surface area contributed by atoms with Crippen LogP contribution in [0.5, 0.6) is 0 Å². The molecule has 0 atom stereocenters. The number of amides is 3. The van der Waals surface area contributed by atoms with Gasteiger partial charge in [0.15, 0.2) is 0 Å². The second-order valence-corrected chi connectivity index (χ2v) is 3.47. The van der Waals surface area contributed by atoms with E-state index >= 15 is 0 Å². The molecule has 102 valence electrons. The van der Waals surface area contributed by atoms with Gasteiger partial charge in [0.05, 0.1) is 10.5 Å². The van der Waals surface area contributed by atoms with Crippen molar-refractivity contribution >= 4 is 17.6 Å². The van der Waals surface area contributed by atoms with Crippen molar-refractivity contribution in [1.82, 2.24) is 10.6 Å². The highest BCUT2D eigenvalue weighted by Crippen LogP contribution is 2.16. The summed E-state index contributed by atoms with van der Waals surface area (Å²) >= 11 is 0. The van der Waals surface area contributed by atoms with E-state index < -0.39 is 28.2 Å². The van der Waals surface area contributed by atoms with E-state index in [1.807, 2.05) is 0 Å².